The molecule has 34 heavy (non-hydrogen) atoms. The van der Waals surface area contributed by atoms with Crippen LogP contribution in [0, 0.1) is 5.92 Å². The highest BCUT2D eigenvalue weighted by atomic mass is 79.9. The van der Waals surface area contributed by atoms with Crippen LogP contribution in [0.1, 0.15) is 48.9 Å². The fourth-order valence-electron chi connectivity index (χ4n) is 5.00. The number of aliphatic imine (C=N–C) groups is 1. The largest absolute Gasteiger partial charge is 0.490 e. The van der Waals surface area contributed by atoms with Crippen molar-refractivity contribution in [2.24, 2.45) is 10.9 Å². The molecule has 0 radical (unpaired) electrons. The van der Waals surface area contributed by atoms with E-state index in [-0.39, 0.29) is 0 Å². The molecule has 1 heterocycles. The van der Waals surface area contributed by atoms with E-state index in [1.807, 2.05) is 32.2 Å². The average Bonchev–Trinajstić information content (AvgIpc) is 3.35. The summed E-state index contributed by atoms with van der Waals surface area (Å²) in [6.07, 6.45) is 7.67. The summed E-state index contributed by atoms with van der Waals surface area (Å²) in [6.45, 7) is 5.09. The maximum absolute atomic E-state index is 5.78. The van der Waals surface area contributed by atoms with Gasteiger partial charge in [0, 0.05) is 17.8 Å². The zero-order chi connectivity index (χ0) is 23.5. The Labute approximate surface area is 209 Å². The van der Waals surface area contributed by atoms with Crippen molar-refractivity contribution in [1.29, 1.82) is 0 Å². The second-order valence-corrected chi connectivity index (χ2v) is 9.46. The van der Waals surface area contributed by atoms with Gasteiger partial charge in [-0.2, -0.15) is 0 Å². The van der Waals surface area contributed by atoms with E-state index in [2.05, 4.69) is 81.9 Å². The first-order valence-corrected chi connectivity index (χ1v) is 12.7. The molecule has 1 aliphatic heterocycles. The lowest BCUT2D eigenvalue weighted by atomic mass is 9.77. The molecule has 0 unspecified atom stereocenters. The molecular weight excluding hydrogens is 488 g/mol. The lowest BCUT2D eigenvalue weighted by Gasteiger charge is -2.37. The second kappa shape index (κ2) is 10.1. The van der Waals surface area contributed by atoms with Gasteiger partial charge in [-0.15, -0.1) is 0 Å². The highest BCUT2D eigenvalue weighted by Gasteiger charge is 2.37. The van der Waals surface area contributed by atoms with Crippen LogP contribution in [0.4, 0.5) is 11.4 Å². The number of hydrogen-bond donors (Lipinski definition) is 1. The number of anilines is 1. The number of fused-ring (bicyclic) bond motifs is 3. The molecule has 1 N–H and O–H groups in total. The number of benzene rings is 3. The van der Waals surface area contributed by atoms with Gasteiger partial charge in [-0.1, -0.05) is 42.5 Å². The lowest BCUT2D eigenvalue weighted by Crippen LogP contribution is -2.28. The molecule has 174 valence electrons. The summed E-state index contributed by atoms with van der Waals surface area (Å²) in [7, 11) is 0. The number of nitrogens with one attached hydrogen (secondary N) is 1. The molecule has 2 aliphatic rings. The predicted octanol–water partition coefficient (Wildman–Crippen LogP) is 7.82. The molecule has 0 bridgehead atoms. The van der Waals surface area contributed by atoms with Crippen molar-refractivity contribution in [3.05, 3.63) is 94.0 Å². The van der Waals surface area contributed by atoms with Gasteiger partial charge in [-0.25, -0.2) is 0 Å². The van der Waals surface area contributed by atoms with Crippen LogP contribution in [-0.4, -0.2) is 19.4 Å². The normalized spacial score (nSPS) is 20.6. The monoisotopic (exact) mass is 516 g/mol. The van der Waals surface area contributed by atoms with E-state index in [9.17, 15) is 0 Å². The average molecular weight is 517 g/mol. The Morgan fingerprint density at radius 2 is 1.82 bits per heavy atom. The van der Waals surface area contributed by atoms with Crippen LogP contribution >= 0.6 is 15.9 Å². The smallest absolute Gasteiger partial charge is 0.175 e. The molecule has 0 saturated heterocycles. The zero-order valence-corrected chi connectivity index (χ0v) is 21.1. The van der Waals surface area contributed by atoms with Crippen LogP contribution in [0.2, 0.25) is 0 Å². The van der Waals surface area contributed by atoms with Crippen LogP contribution in [-0.2, 0) is 0 Å². The van der Waals surface area contributed by atoms with Crippen LogP contribution in [0.3, 0.4) is 0 Å². The van der Waals surface area contributed by atoms with Gasteiger partial charge >= 0.3 is 0 Å². The Hall–Kier alpha value is -3.05. The topological polar surface area (TPSA) is 42.8 Å². The number of allylic oxidation sites excluding steroid dienone is 2. The highest BCUT2D eigenvalue weighted by Crippen LogP contribution is 2.49. The van der Waals surface area contributed by atoms with E-state index in [4.69, 9.17) is 14.5 Å². The lowest BCUT2D eigenvalue weighted by molar-refractivity contribution is 0.286. The van der Waals surface area contributed by atoms with Gasteiger partial charge in [-0.05, 0) is 89.1 Å². The maximum Gasteiger partial charge on any atom is 0.175 e. The first-order chi connectivity index (χ1) is 16.7. The fraction of sp³-hybridized carbons (Fsp3) is 0.276. The number of ether oxygens (including phenoxy) is 2. The number of para-hydroxylation sites is 1. The standard InChI is InChI=1S/C29H29BrN2O2/c1-3-33-27-17-19(16-25(30)29(27)34-4-2)18-31-21-14-12-20(13-15-21)28-24-10-7-9-22(24)23-8-5-6-11-26(23)32-28/h5-9,11-18,22,24,28,32H,3-4,10H2,1-2H3/t22-,24+,28-/m0/s1. The fourth-order valence-corrected chi connectivity index (χ4v) is 5.57. The Balaban J connectivity index is 1.35. The minimum absolute atomic E-state index is 0.295. The highest BCUT2D eigenvalue weighted by molar-refractivity contribution is 9.10. The van der Waals surface area contributed by atoms with Crippen LogP contribution in [0.25, 0.3) is 0 Å². The Kier molecular flexibility index (Phi) is 6.73. The van der Waals surface area contributed by atoms with Gasteiger partial charge in [0.2, 0.25) is 0 Å². The Bertz CT molecular complexity index is 1220. The van der Waals surface area contributed by atoms with Crippen molar-refractivity contribution < 1.29 is 9.47 Å². The SMILES string of the molecule is CCOc1cc(C=Nc2ccc([C@@H]3Nc4ccccc4[C@@H]4C=CC[C@H]43)cc2)cc(Br)c1OCC. The molecule has 3 aromatic rings. The van der Waals surface area contributed by atoms with Crippen molar-refractivity contribution in [2.45, 2.75) is 32.2 Å². The summed E-state index contributed by atoms with van der Waals surface area (Å²) in [5, 5.41) is 3.79. The van der Waals surface area contributed by atoms with E-state index in [1.54, 1.807) is 0 Å². The molecule has 3 aromatic carbocycles. The number of hydrogen-bond acceptors (Lipinski definition) is 4. The molecule has 1 aliphatic carbocycles. The molecule has 0 aromatic heterocycles. The van der Waals surface area contributed by atoms with E-state index < -0.39 is 0 Å². The van der Waals surface area contributed by atoms with E-state index >= 15 is 0 Å². The van der Waals surface area contributed by atoms with Crippen molar-refractivity contribution in [2.75, 3.05) is 18.5 Å². The molecule has 4 nitrogen and oxygen atoms in total. The molecular formula is C29H29BrN2O2. The van der Waals surface area contributed by atoms with Crippen LogP contribution < -0.4 is 14.8 Å². The third-order valence-electron chi connectivity index (χ3n) is 6.51. The molecule has 3 atom stereocenters. The summed E-state index contributed by atoms with van der Waals surface area (Å²) in [4.78, 5) is 4.71. The second-order valence-electron chi connectivity index (χ2n) is 8.61. The van der Waals surface area contributed by atoms with E-state index in [1.165, 1.54) is 16.8 Å². The molecule has 0 amide bonds. The van der Waals surface area contributed by atoms with Crippen LogP contribution in [0.15, 0.2) is 82.3 Å². The first-order valence-electron chi connectivity index (χ1n) is 11.9. The van der Waals surface area contributed by atoms with Gasteiger partial charge in [-0.3, -0.25) is 4.99 Å². The quantitative estimate of drug-likeness (QED) is 0.257. The number of rotatable bonds is 7. The van der Waals surface area contributed by atoms with E-state index in [0.29, 0.717) is 31.1 Å². The minimum Gasteiger partial charge on any atom is -0.490 e. The van der Waals surface area contributed by atoms with Gasteiger partial charge in [0.1, 0.15) is 0 Å². The molecule has 0 spiro atoms. The maximum atomic E-state index is 5.78. The van der Waals surface area contributed by atoms with Crippen molar-refractivity contribution in [3.63, 3.8) is 0 Å². The van der Waals surface area contributed by atoms with Crippen molar-refractivity contribution in [3.8, 4) is 11.5 Å². The third-order valence-corrected chi connectivity index (χ3v) is 7.10. The molecule has 5 heteroatoms. The van der Waals surface area contributed by atoms with Crippen molar-refractivity contribution >= 4 is 33.5 Å². The summed E-state index contributed by atoms with van der Waals surface area (Å²) in [6, 6.07) is 21.5. The predicted molar refractivity (Wildman–Crippen MR) is 143 cm³/mol. The molecule has 0 saturated carbocycles. The van der Waals surface area contributed by atoms with Gasteiger partial charge in [0.25, 0.3) is 0 Å². The Morgan fingerprint density at radius 3 is 2.62 bits per heavy atom. The zero-order valence-electron chi connectivity index (χ0n) is 19.5. The molecule has 0 fully saturated rings. The summed E-state index contributed by atoms with van der Waals surface area (Å²) in [5.41, 5.74) is 5.83. The summed E-state index contributed by atoms with van der Waals surface area (Å²) >= 11 is 3.60. The summed E-state index contributed by atoms with van der Waals surface area (Å²) in [5.74, 6) is 2.48. The Morgan fingerprint density at radius 1 is 1.03 bits per heavy atom. The molecule has 5 rings (SSSR count). The van der Waals surface area contributed by atoms with Gasteiger partial charge in [0.15, 0.2) is 11.5 Å². The van der Waals surface area contributed by atoms with E-state index in [0.717, 1.165) is 33.6 Å². The van der Waals surface area contributed by atoms with Crippen LogP contribution in [0.5, 0.6) is 11.5 Å². The van der Waals surface area contributed by atoms with Crippen molar-refractivity contribution in [1.82, 2.24) is 0 Å². The third kappa shape index (κ3) is 4.49. The first kappa shape index (κ1) is 22.7. The van der Waals surface area contributed by atoms with Gasteiger partial charge < -0.3 is 14.8 Å². The van der Waals surface area contributed by atoms with Gasteiger partial charge in [0.05, 0.1) is 29.4 Å². The number of halogens is 1. The number of nitrogens with zero attached hydrogens (tertiary/aromatic N) is 1. The summed E-state index contributed by atoms with van der Waals surface area (Å²) < 4.78 is 12.4. The minimum atomic E-state index is 0.295.